The number of hydrogen-bond acceptors (Lipinski definition) is 6. The molecule has 8 heteroatoms. The third kappa shape index (κ3) is 2.59. The van der Waals surface area contributed by atoms with Crippen LogP contribution in [0, 0.1) is 0 Å². The maximum atomic E-state index is 11.9. The topological polar surface area (TPSA) is 108 Å². The maximum absolute atomic E-state index is 11.9. The van der Waals surface area contributed by atoms with Gasteiger partial charge in [-0.3, -0.25) is 9.78 Å². The van der Waals surface area contributed by atoms with Crippen LogP contribution in [0.2, 0.25) is 0 Å². The molecule has 0 fully saturated rings. The summed E-state index contributed by atoms with van der Waals surface area (Å²) in [6, 6.07) is 3.11. The second-order valence-electron chi connectivity index (χ2n) is 3.64. The highest BCUT2D eigenvalue weighted by molar-refractivity contribution is 5.93. The molecule has 2 rings (SSSR count). The quantitative estimate of drug-likeness (QED) is 0.708. The molecular formula is C10H13N7O. The molecule has 2 aromatic rings. The van der Waals surface area contributed by atoms with Crippen LogP contribution in [0.4, 0.5) is 5.69 Å². The van der Waals surface area contributed by atoms with Crippen molar-refractivity contribution >= 4 is 11.6 Å². The van der Waals surface area contributed by atoms with Gasteiger partial charge in [0.1, 0.15) is 5.69 Å². The molecule has 1 unspecified atom stereocenters. The molecule has 1 atom stereocenters. The largest absolute Gasteiger partial charge is 0.388 e. The van der Waals surface area contributed by atoms with Crippen molar-refractivity contribution in [1.29, 1.82) is 0 Å². The van der Waals surface area contributed by atoms with Crippen LogP contribution in [0.15, 0.2) is 18.3 Å². The molecule has 0 saturated heterocycles. The molecule has 2 aromatic heterocycles. The van der Waals surface area contributed by atoms with Crippen molar-refractivity contribution < 1.29 is 4.79 Å². The number of nitrogens with one attached hydrogen (secondary N) is 3. The van der Waals surface area contributed by atoms with Crippen LogP contribution < -0.4 is 10.6 Å². The van der Waals surface area contributed by atoms with Crippen molar-refractivity contribution in [2.75, 3.05) is 12.4 Å². The first-order chi connectivity index (χ1) is 8.70. The lowest BCUT2D eigenvalue weighted by molar-refractivity contribution is 0.0933. The molecule has 0 saturated carbocycles. The highest BCUT2D eigenvalue weighted by Crippen LogP contribution is 2.09. The number of carbonyl (C=O) groups is 1. The van der Waals surface area contributed by atoms with Crippen LogP contribution in [0.25, 0.3) is 0 Å². The minimum atomic E-state index is -0.337. The lowest BCUT2D eigenvalue weighted by Gasteiger charge is -2.09. The Morgan fingerprint density at radius 2 is 2.33 bits per heavy atom. The van der Waals surface area contributed by atoms with Gasteiger partial charge in [0, 0.05) is 18.9 Å². The molecule has 94 valence electrons. The summed E-state index contributed by atoms with van der Waals surface area (Å²) in [5.74, 6) is 0.137. The molecule has 0 aromatic carbocycles. The van der Waals surface area contributed by atoms with Gasteiger partial charge in [-0.05, 0) is 19.1 Å². The zero-order valence-electron chi connectivity index (χ0n) is 10.0. The fraction of sp³-hybridized carbons (Fsp3) is 0.300. The first-order valence-corrected chi connectivity index (χ1v) is 5.38. The third-order valence-electron chi connectivity index (χ3n) is 2.38. The SMILES string of the molecule is CNc1ccnc(C(=O)NC(C)c2nn[nH]n2)c1. The summed E-state index contributed by atoms with van der Waals surface area (Å²) in [6.07, 6.45) is 1.57. The first-order valence-electron chi connectivity index (χ1n) is 5.38. The van der Waals surface area contributed by atoms with Gasteiger partial charge in [0.15, 0.2) is 5.82 Å². The van der Waals surface area contributed by atoms with E-state index in [1.807, 2.05) is 0 Å². The number of tetrazole rings is 1. The lowest BCUT2D eigenvalue weighted by atomic mass is 10.2. The van der Waals surface area contributed by atoms with E-state index in [1.165, 1.54) is 0 Å². The Morgan fingerprint density at radius 3 is 3.00 bits per heavy atom. The fourth-order valence-corrected chi connectivity index (χ4v) is 1.40. The first kappa shape index (κ1) is 12.0. The molecule has 0 spiro atoms. The number of hydrogen-bond donors (Lipinski definition) is 3. The normalized spacial score (nSPS) is 11.9. The number of H-pyrrole nitrogens is 1. The Labute approximate surface area is 103 Å². The van der Waals surface area contributed by atoms with Gasteiger partial charge < -0.3 is 10.6 Å². The molecule has 1 amide bonds. The van der Waals surface area contributed by atoms with Crippen LogP contribution in [0.5, 0.6) is 0 Å². The maximum Gasteiger partial charge on any atom is 0.270 e. The fourth-order valence-electron chi connectivity index (χ4n) is 1.40. The summed E-state index contributed by atoms with van der Waals surface area (Å²) in [4.78, 5) is 15.9. The Hall–Kier alpha value is -2.51. The number of amides is 1. The molecule has 0 aliphatic rings. The summed E-state index contributed by atoms with van der Waals surface area (Å²) >= 11 is 0. The van der Waals surface area contributed by atoms with E-state index in [2.05, 4.69) is 36.2 Å². The number of pyridine rings is 1. The Balaban J connectivity index is 2.07. The van der Waals surface area contributed by atoms with Crippen LogP contribution in [0.3, 0.4) is 0 Å². The van der Waals surface area contributed by atoms with Gasteiger partial charge in [-0.25, -0.2) is 0 Å². The predicted molar refractivity (Wildman–Crippen MR) is 63.8 cm³/mol. The van der Waals surface area contributed by atoms with E-state index in [9.17, 15) is 4.79 Å². The van der Waals surface area contributed by atoms with Crippen LogP contribution in [0.1, 0.15) is 29.3 Å². The molecule has 0 aliphatic carbocycles. The van der Waals surface area contributed by atoms with Gasteiger partial charge >= 0.3 is 0 Å². The van der Waals surface area contributed by atoms with Crippen LogP contribution >= 0.6 is 0 Å². The van der Waals surface area contributed by atoms with Gasteiger partial charge in [0.2, 0.25) is 0 Å². The van der Waals surface area contributed by atoms with Crippen molar-refractivity contribution in [3.05, 3.63) is 29.8 Å². The monoisotopic (exact) mass is 247 g/mol. The number of anilines is 1. The number of aromatic nitrogens is 5. The summed E-state index contributed by atoms with van der Waals surface area (Å²) in [7, 11) is 1.78. The lowest BCUT2D eigenvalue weighted by Crippen LogP contribution is -2.28. The molecule has 0 bridgehead atoms. The smallest absolute Gasteiger partial charge is 0.270 e. The summed E-state index contributed by atoms with van der Waals surface area (Å²) in [6.45, 7) is 1.77. The van der Waals surface area contributed by atoms with Crippen LogP contribution in [-0.2, 0) is 0 Å². The Morgan fingerprint density at radius 1 is 1.50 bits per heavy atom. The Bertz CT molecular complexity index is 525. The van der Waals surface area contributed by atoms with E-state index in [0.717, 1.165) is 5.69 Å². The van der Waals surface area contributed by atoms with Crippen molar-refractivity contribution in [1.82, 2.24) is 30.9 Å². The summed E-state index contributed by atoms with van der Waals surface area (Å²) in [5, 5.41) is 19.1. The predicted octanol–water partition coefficient (Wildman–Crippen LogP) is 0.127. The summed E-state index contributed by atoms with van der Waals surface area (Å²) < 4.78 is 0. The second-order valence-corrected chi connectivity index (χ2v) is 3.64. The van der Waals surface area contributed by atoms with Gasteiger partial charge in [0.05, 0.1) is 6.04 Å². The van der Waals surface area contributed by atoms with E-state index >= 15 is 0 Å². The molecule has 0 aliphatic heterocycles. The Kier molecular flexibility index (Phi) is 3.46. The van der Waals surface area contributed by atoms with E-state index in [1.54, 1.807) is 32.3 Å². The summed E-state index contributed by atoms with van der Waals surface area (Å²) in [5.41, 5.74) is 1.15. The molecule has 18 heavy (non-hydrogen) atoms. The molecule has 2 heterocycles. The zero-order chi connectivity index (χ0) is 13.0. The average Bonchev–Trinajstić information content (AvgIpc) is 2.92. The molecular weight excluding hydrogens is 234 g/mol. The van der Waals surface area contributed by atoms with Crippen molar-refractivity contribution in [2.24, 2.45) is 0 Å². The van der Waals surface area contributed by atoms with Crippen molar-refractivity contribution in [3.63, 3.8) is 0 Å². The van der Waals surface area contributed by atoms with Gasteiger partial charge in [-0.15, -0.1) is 10.2 Å². The number of aromatic amines is 1. The van der Waals surface area contributed by atoms with Crippen LogP contribution in [-0.4, -0.2) is 38.6 Å². The molecule has 0 radical (unpaired) electrons. The van der Waals surface area contributed by atoms with Gasteiger partial charge in [-0.1, -0.05) is 5.21 Å². The van der Waals surface area contributed by atoms with E-state index in [-0.39, 0.29) is 11.9 Å². The number of carbonyl (C=O) groups excluding carboxylic acids is 1. The third-order valence-corrected chi connectivity index (χ3v) is 2.38. The van der Waals surface area contributed by atoms with E-state index in [4.69, 9.17) is 0 Å². The minimum absolute atomic E-state index is 0.288. The van der Waals surface area contributed by atoms with Gasteiger partial charge in [-0.2, -0.15) is 5.21 Å². The molecule has 8 nitrogen and oxygen atoms in total. The van der Waals surface area contributed by atoms with Gasteiger partial charge in [0.25, 0.3) is 5.91 Å². The highest BCUT2D eigenvalue weighted by atomic mass is 16.1. The minimum Gasteiger partial charge on any atom is -0.388 e. The average molecular weight is 247 g/mol. The van der Waals surface area contributed by atoms with E-state index < -0.39 is 0 Å². The number of rotatable bonds is 4. The van der Waals surface area contributed by atoms with E-state index in [0.29, 0.717) is 11.5 Å². The zero-order valence-corrected chi connectivity index (χ0v) is 10.0. The highest BCUT2D eigenvalue weighted by Gasteiger charge is 2.15. The molecule has 3 N–H and O–H groups in total. The van der Waals surface area contributed by atoms with Crippen molar-refractivity contribution in [2.45, 2.75) is 13.0 Å². The standard InChI is InChI=1S/C10H13N7O/c1-6(9-14-16-17-15-9)13-10(18)8-5-7(11-2)3-4-12-8/h3-6H,1-2H3,(H,11,12)(H,13,18)(H,14,15,16,17). The van der Waals surface area contributed by atoms with Crippen molar-refractivity contribution in [3.8, 4) is 0 Å². The second kappa shape index (κ2) is 5.21. The number of nitrogens with zero attached hydrogens (tertiary/aromatic N) is 4.